The van der Waals surface area contributed by atoms with Gasteiger partial charge in [0.15, 0.2) is 0 Å². The average molecular weight is 273 g/mol. The van der Waals surface area contributed by atoms with E-state index in [9.17, 15) is 0 Å². The third kappa shape index (κ3) is 3.53. The topological polar surface area (TPSA) is 53.1 Å². The second kappa shape index (κ2) is 6.98. The summed E-state index contributed by atoms with van der Waals surface area (Å²) in [6.07, 6.45) is 6.14. The molecular weight excluding hydrogens is 250 g/mol. The van der Waals surface area contributed by atoms with Crippen LogP contribution in [0.25, 0.3) is 0 Å². The summed E-state index contributed by atoms with van der Waals surface area (Å²) in [5.74, 6) is 1.43. The third-order valence-electron chi connectivity index (χ3n) is 3.63. The van der Waals surface area contributed by atoms with Gasteiger partial charge in [-0.3, -0.25) is 0 Å². The van der Waals surface area contributed by atoms with Gasteiger partial charge in [0, 0.05) is 23.5 Å². The van der Waals surface area contributed by atoms with Crippen LogP contribution in [0.2, 0.25) is 0 Å². The molecule has 0 saturated heterocycles. The lowest BCUT2D eigenvalue weighted by Gasteiger charge is -2.15. The number of hydrogen-bond donors (Lipinski definition) is 1. The number of anilines is 1. The summed E-state index contributed by atoms with van der Waals surface area (Å²) in [5.41, 5.74) is 7.70. The SMILES string of the molecule is CCC(CC)c1cncn1CCOc1ccc(N)cc1. The summed E-state index contributed by atoms with van der Waals surface area (Å²) in [6.45, 7) is 5.89. The Morgan fingerprint density at radius 1 is 1.20 bits per heavy atom. The third-order valence-corrected chi connectivity index (χ3v) is 3.63. The van der Waals surface area contributed by atoms with Crippen molar-refractivity contribution in [1.29, 1.82) is 0 Å². The van der Waals surface area contributed by atoms with E-state index < -0.39 is 0 Å². The molecule has 4 nitrogen and oxygen atoms in total. The van der Waals surface area contributed by atoms with Crippen LogP contribution >= 0.6 is 0 Å². The van der Waals surface area contributed by atoms with Gasteiger partial charge in [-0.25, -0.2) is 4.98 Å². The number of benzene rings is 1. The average Bonchev–Trinajstić information content (AvgIpc) is 2.91. The summed E-state index contributed by atoms with van der Waals surface area (Å²) < 4.78 is 7.92. The van der Waals surface area contributed by atoms with E-state index in [2.05, 4.69) is 23.4 Å². The summed E-state index contributed by atoms with van der Waals surface area (Å²) >= 11 is 0. The molecule has 2 aromatic rings. The Kier molecular flexibility index (Phi) is 5.04. The van der Waals surface area contributed by atoms with Gasteiger partial charge in [0.1, 0.15) is 12.4 Å². The van der Waals surface area contributed by atoms with Crippen molar-refractivity contribution in [3.63, 3.8) is 0 Å². The molecular formula is C16H23N3O. The summed E-state index contributed by atoms with van der Waals surface area (Å²) in [6, 6.07) is 7.49. The van der Waals surface area contributed by atoms with Gasteiger partial charge in [0.25, 0.3) is 0 Å². The van der Waals surface area contributed by atoms with Crippen LogP contribution in [0, 0.1) is 0 Å². The molecule has 2 rings (SSSR count). The van der Waals surface area contributed by atoms with Crippen LogP contribution in [0.5, 0.6) is 5.75 Å². The molecule has 108 valence electrons. The van der Waals surface area contributed by atoms with Crippen molar-refractivity contribution in [3.8, 4) is 5.75 Å². The molecule has 4 heteroatoms. The van der Waals surface area contributed by atoms with Crippen LogP contribution in [-0.4, -0.2) is 16.2 Å². The Balaban J connectivity index is 1.91. The summed E-state index contributed by atoms with van der Waals surface area (Å²) in [4.78, 5) is 4.27. The predicted octanol–water partition coefficient (Wildman–Crippen LogP) is 3.45. The highest BCUT2D eigenvalue weighted by Crippen LogP contribution is 2.22. The minimum Gasteiger partial charge on any atom is -0.492 e. The maximum absolute atomic E-state index is 5.73. The molecule has 20 heavy (non-hydrogen) atoms. The van der Waals surface area contributed by atoms with Gasteiger partial charge in [-0.2, -0.15) is 0 Å². The lowest BCUT2D eigenvalue weighted by atomic mass is 10.00. The van der Waals surface area contributed by atoms with Crippen molar-refractivity contribution in [3.05, 3.63) is 42.5 Å². The zero-order valence-electron chi connectivity index (χ0n) is 12.2. The van der Waals surface area contributed by atoms with Crippen LogP contribution in [0.4, 0.5) is 5.69 Å². The Morgan fingerprint density at radius 3 is 2.55 bits per heavy atom. The molecule has 2 N–H and O–H groups in total. The first-order valence-corrected chi connectivity index (χ1v) is 7.23. The number of ether oxygens (including phenoxy) is 1. The quantitative estimate of drug-likeness (QED) is 0.786. The zero-order valence-corrected chi connectivity index (χ0v) is 12.2. The van der Waals surface area contributed by atoms with Crippen molar-refractivity contribution >= 4 is 5.69 Å². The van der Waals surface area contributed by atoms with Crippen LogP contribution in [-0.2, 0) is 6.54 Å². The van der Waals surface area contributed by atoms with Crippen LogP contribution in [0.3, 0.4) is 0 Å². The van der Waals surface area contributed by atoms with Gasteiger partial charge in [-0.1, -0.05) is 13.8 Å². The van der Waals surface area contributed by atoms with Crippen molar-refractivity contribution in [2.24, 2.45) is 0 Å². The maximum atomic E-state index is 5.73. The van der Waals surface area contributed by atoms with E-state index in [0.29, 0.717) is 12.5 Å². The molecule has 0 saturated carbocycles. The number of hydrogen-bond acceptors (Lipinski definition) is 3. The molecule has 0 spiro atoms. The second-order valence-electron chi connectivity index (χ2n) is 4.94. The fourth-order valence-corrected chi connectivity index (χ4v) is 2.39. The first-order chi connectivity index (χ1) is 9.74. The van der Waals surface area contributed by atoms with Gasteiger partial charge < -0.3 is 15.0 Å². The highest BCUT2D eigenvalue weighted by atomic mass is 16.5. The normalized spacial score (nSPS) is 10.9. The number of nitrogens with zero attached hydrogens (tertiary/aromatic N) is 2. The van der Waals surface area contributed by atoms with Crippen molar-refractivity contribution in [2.75, 3.05) is 12.3 Å². The van der Waals surface area contributed by atoms with Crippen LogP contribution in [0.15, 0.2) is 36.8 Å². The molecule has 0 bridgehead atoms. The maximum Gasteiger partial charge on any atom is 0.119 e. The van der Waals surface area contributed by atoms with Gasteiger partial charge in [-0.05, 0) is 37.1 Å². The van der Waals surface area contributed by atoms with E-state index in [1.807, 2.05) is 36.8 Å². The van der Waals surface area contributed by atoms with Crippen molar-refractivity contribution in [1.82, 2.24) is 9.55 Å². The summed E-state index contributed by atoms with van der Waals surface area (Å²) in [5, 5.41) is 0. The monoisotopic (exact) mass is 273 g/mol. The van der Waals surface area contributed by atoms with Crippen LogP contribution in [0.1, 0.15) is 38.3 Å². The lowest BCUT2D eigenvalue weighted by Crippen LogP contribution is -2.12. The van der Waals surface area contributed by atoms with Gasteiger partial charge in [0.2, 0.25) is 0 Å². The molecule has 0 aliphatic rings. The van der Waals surface area contributed by atoms with E-state index in [4.69, 9.17) is 10.5 Å². The number of aromatic nitrogens is 2. The molecule has 0 fully saturated rings. The molecule has 0 radical (unpaired) electrons. The Hall–Kier alpha value is -1.97. The first-order valence-electron chi connectivity index (χ1n) is 7.23. The highest BCUT2D eigenvalue weighted by molar-refractivity contribution is 5.41. The molecule has 0 aliphatic carbocycles. The van der Waals surface area contributed by atoms with Gasteiger partial charge in [0.05, 0.1) is 12.9 Å². The fourth-order valence-electron chi connectivity index (χ4n) is 2.39. The number of nitrogens with two attached hydrogens (primary N) is 1. The van der Waals surface area contributed by atoms with E-state index in [1.165, 1.54) is 5.69 Å². The van der Waals surface area contributed by atoms with Crippen molar-refractivity contribution in [2.45, 2.75) is 39.2 Å². The molecule has 1 aromatic carbocycles. The van der Waals surface area contributed by atoms with Gasteiger partial charge in [-0.15, -0.1) is 0 Å². The summed E-state index contributed by atoms with van der Waals surface area (Å²) in [7, 11) is 0. The van der Waals surface area contributed by atoms with E-state index in [1.54, 1.807) is 0 Å². The van der Waals surface area contributed by atoms with Crippen molar-refractivity contribution < 1.29 is 4.74 Å². The molecule has 0 atom stereocenters. The molecule has 1 heterocycles. The van der Waals surface area contributed by atoms with Gasteiger partial charge >= 0.3 is 0 Å². The smallest absolute Gasteiger partial charge is 0.119 e. The van der Waals surface area contributed by atoms with E-state index in [-0.39, 0.29) is 0 Å². The fraction of sp³-hybridized carbons (Fsp3) is 0.438. The Bertz CT molecular complexity index is 515. The molecule has 0 unspecified atom stereocenters. The Labute approximate surface area is 120 Å². The highest BCUT2D eigenvalue weighted by Gasteiger charge is 2.11. The largest absolute Gasteiger partial charge is 0.492 e. The number of rotatable bonds is 7. The predicted molar refractivity (Wildman–Crippen MR) is 81.9 cm³/mol. The Morgan fingerprint density at radius 2 is 1.90 bits per heavy atom. The van der Waals surface area contributed by atoms with Crippen LogP contribution < -0.4 is 10.5 Å². The van der Waals surface area contributed by atoms with E-state index >= 15 is 0 Å². The zero-order chi connectivity index (χ0) is 14.4. The van der Waals surface area contributed by atoms with E-state index in [0.717, 1.165) is 30.8 Å². The molecule has 1 aromatic heterocycles. The first kappa shape index (κ1) is 14.4. The molecule has 0 aliphatic heterocycles. The lowest BCUT2D eigenvalue weighted by molar-refractivity contribution is 0.295. The minimum absolute atomic E-state index is 0.578. The number of nitrogen functional groups attached to an aromatic ring is 1. The second-order valence-corrected chi connectivity index (χ2v) is 4.94. The molecule has 0 amide bonds. The standard InChI is InChI=1S/C16H23N3O/c1-3-13(4-2)16-11-18-12-19(16)9-10-20-15-7-5-14(17)6-8-15/h5-8,11-13H,3-4,9-10,17H2,1-2H3. The minimum atomic E-state index is 0.578. The number of imidazole rings is 1.